The van der Waals surface area contributed by atoms with Gasteiger partial charge in [-0.05, 0) is 49.6 Å². The highest BCUT2D eigenvalue weighted by molar-refractivity contribution is 7.08. The molecular formula is C13H11N3O2S. The quantitative estimate of drug-likeness (QED) is 0.778. The molecule has 5 nitrogen and oxygen atoms in total. The van der Waals surface area contributed by atoms with Crippen molar-refractivity contribution in [2.75, 3.05) is 5.32 Å². The number of nitrogens with one attached hydrogen (secondary N) is 1. The van der Waals surface area contributed by atoms with Crippen LogP contribution in [0.15, 0.2) is 28.7 Å². The van der Waals surface area contributed by atoms with Crippen LogP contribution in [0.25, 0.3) is 11.0 Å². The van der Waals surface area contributed by atoms with Crippen molar-refractivity contribution in [3.8, 4) is 0 Å². The molecule has 2 heterocycles. The van der Waals surface area contributed by atoms with Gasteiger partial charge in [0.15, 0.2) is 0 Å². The highest BCUT2D eigenvalue weighted by Crippen LogP contribution is 2.23. The first-order valence-electron chi connectivity index (χ1n) is 5.74. The van der Waals surface area contributed by atoms with Crippen LogP contribution in [-0.4, -0.2) is 15.5 Å². The third-order valence-corrected chi connectivity index (χ3v) is 3.58. The Morgan fingerprint density at radius 2 is 2.16 bits per heavy atom. The fourth-order valence-corrected chi connectivity index (χ4v) is 2.43. The van der Waals surface area contributed by atoms with E-state index in [-0.39, 0.29) is 5.91 Å². The zero-order chi connectivity index (χ0) is 13.4. The van der Waals surface area contributed by atoms with E-state index in [4.69, 9.17) is 4.42 Å². The lowest BCUT2D eigenvalue weighted by Gasteiger charge is -2.03. The second-order valence-electron chi connectivity index (χ2n) is 4.25. The van der Waals surface area contributed by atoms with Crippen molar-refractivity contribution in [1.82, 2.24) is 9.59 Å². The number of anilines is 1. The van der Waals surface area contributed by atoms with E-state index in [1.807, 2.05) is 31.2 Å². The van der Waals surface area contributed by atoms with Crippen LogP contribution >= 0.6 is 11.5 Å². The summed E-state index contributed by atoms with van der Waals surface area (Å²) >= 11 is 1.09. The van der Waals surface area contributed by atoms with Crippen molar-refractivity contribution >= 4 is 34.1 Å². The second kappa shape index (κ2) is 4.47. The topological polar surface area (TPSA) is 68.0 Å². The summed E-state index contributed by atoms with van der Waals surface area (Å²) in [6, 6.07) is 7.47. The molecule has 0 atom stereocenters. The predicted molar refractivity (Wildman–Crippen MR) is 73.6 cm³/mol. The Morgan fingerprint density at radius 3 is 2.89 bits per heavy atom. The number of amides is 1. The van der Waals surface area contributed by atoms with Gasteiger partial charge in [-0.2, -0.15) is 0 Å². The average molecular weight is 273 g/mol. The molecule has 0 fully saturated rings. The maximum Gasteiger partial charge on any atom is 0.269 e. The van der Waals surface area contributed by atoms with E-state index in [0.717, 1.165) is 33.9 Å². The molecule has 19 heavy (non-hydrogen) atoms. The van der Waals surface area contributed by atoms with Crippen LogP contribution in [0.3, 0.4) is 0 Å². The van der Waals surface area contributed by atoms with Gasteiger partial charge in [-0.15, -0.1) is 5.10 Å². The van der Waals surface area contributed by atoms with E-state index < -0.39 is 0 Å². The Balaban J connectivity index is 1.89. The summed E-state index contributed by atoms with van der Waals surface area (Å²) in [6.45, 7) is 3.66. The van der Waals surface area contributed by atoms with Gasteiger partial charge in [-0.1, -0.05) is 4.49 Å². The highest BCUT2D eigenvalue weighted by atomic mass is 32.1. The Bertz CT molecular complexity index is 760. The van der Waals surface area contributed by atoms with Crippen LogP contribution in [0.4, 0.5) is 5.69 Å². The van der Waals surface area contributed by atoms with E-state index in [2.05, 4.69) is 14.9 Å². The summed E-state index contributed by atoms with van der Waals surface area (Å²) in [5, 5.41) is 7.63. The average Bonchev–Trinajstić information content (AvgIpc) is 2.93. The van der Waals surface area contributed by atoms with Gasteiger partial charge in [0.2, 0.25) is 0 Å². The smallest absolute Gasteiger partial charge is 0.269 e. The highest BCUT2D eigenvalue weighted by Gasteiger charge is 2.13. The molecule has 0 radical (unpaired) electrons. The molecule has 0 saturated heterocycles. The molecule has 3 rings (SSSR count). The Hall–Kier alpha value is -2.21. The van der Waals surface area contributed by atoms with E-state index in [1.54, 1.807) is 6.92 Å². The SMILES string of the molecule is Cc1cc2cc(NC(=O)c3snnc3C)ccc2o1. The summed E-state index contributed by atoms with van der Waals surface area (Å²) in [5.74, 6) is 0.660. The zero-order valence-electron chi connectivity index (χ0n) is 10.4. The monoisotopic (exact) mass is 273 g/mol. The van der Waals surface area contributed by atoms with Gasteiger partial charge in [-0.25, -0.2) is 0 Å². The second-order valence-corrected chi connectivity index (χ2v) is 5.01. The molecule has 1 aromatic carbocycles. The molecule has 0 aliphatic heterocycles. The molecule has 6 heteroatoms. The minimum atomic E-state index is -0.188. The summed E-state index contributed by atoms with van der Waals surface area (Å²) in [4.78, 5) is 12.6. The zero-order valence-corrected chi connectivity index (χ0v) is 11.2. The van der Waals surface area contributed by atoms with E-state index in [1.165, 1.54) is 0 Å². The van der Waals surface area contributed by atoms with Crippen molar-refractivity contribution in [2.45, 2.75) is 13.8 Å². The van der Waals surface area contributed by atoms with Crippen molar-refractivity contribution in [3.63, 3.8) is 0 Å². The Kier molecular flexibility index (Phi) is 2.79. The number of carbonyl (C=O) groups is 1. The molecule has 0 unspecified atom stereocenters. The van der Waals surface area contributed by atoms with Gasteiger partial charge in [-0.3, -0.25) is 4.79 Å². The molecule has 2 aromatic heterocycles. The van der Waals surface area contributed by atoms with E-state index >= 15 is 0 Å². The molecule has 1 amide bonds. The van der Waals surface area contributed by atoms with Crippen LogP contribution in [0, 0.1) is 13.8 Å². The lowest BCUT2D eigenvalue weighted by Crippen LogP contribution is -2.11. The third-order valence-electron chi connectivity index (χ3n) is 2.76. The fourth-order valence-electron chi connectivity index (χ4n) is 1.88. The first-order valence-corrected chi connectivity index (χ1v) is 6.51. The minimum Gasteiger partial charge on any atom is -0.461 e. The molecule has 0 bridgehead atoms. The first-order chi connectivity index (χ1) is 9.13. The summed E-state index contributed by atoms with van der Waals surface area (Å²) < 4.78 is 9.24. The molecule has 3 aromatic rings. The standard InChI is InChI=1S/C13H11N3O2S/c1-7-5-9-6-10(3-4-11(9)18-7)14-13(17)12-8(2)15-16-19-12/h3-6H,1-2H3,(H,14,17). The maximum absolute atomic E-state index is 12.0. The molecule has 0 spiro atoms. The Morgan fingerprint density at radius 1 is 1.32 bits per heavy atom. The van der Waals surface area contributed by atoms with Crippen molar-refractivity contribution in [1.29, 1.82) is 0 Å². The van der Waals surface area contributed by atoms with Gasteiger partial charge < -0.3 is 9.73 Å². The molecular weight excluding hydrogens is 262 g/mol. The summed E-state index contributed by atoms with van der Waals surface area (Å²) in [5.41, 5.74) is 2.18. The number of furan rings is 1. The number of aromatic nitrogens is 2. The van der Waals surface area contributed by atoms with Gasteiger partial charge >= 0.3 is 0 Å². The fraction of sp³-hybridized carbons (Fsp3) is 0.154. The predicted octanol–water partition coefficient (Wildman–Crippen LogP) is 3.15. The molecule has 0 saturated carbocycles. The van der Waals surface area contributed by atoms with Crippen molar-refractivity contribution in [2.24, 2.45) is 0 Å². The number of benzene rings is 1. The van der Waals surface area contributed by atoms with Crippen LogP contribution in [0.1, 0.15) is 21.1 Å². The van der Waals surface area contributed by atoms with E-state index in [9.17, 15) is 4.79 Å². The maximum atomic E-state index is 12.0. The summed E-state index contributed by atoms with van der Waals surface area (Å²) in [7, 11) is 0. The number of hydrogen-bond donors (Lipinski definition) is 1. The van der Waals surface area contributed by atoms with Crippen LogP contribution in [0.2, 0.25) is 0 Å². The van der Waals surface area contributed by atoms with Gasteiger partial charge in [0.25, 0.3) is 5.91 Å². The van der Waals surface area contributed by atoms with E-state index in [0.29, 0.717) is 10.6 Å². The van der Waals surface area contributed by atoms with Crippen LogP contribution < -0.4 is 5.32 Å². The number of nitrogens with zero attached hydrogens (tertiary/aromatic N) is 2. The summed E-state index contributed by atoms with van der Waals surface area (Å²) in [6.07, 6.45) is 0. The van der Waals surface area contributed by atoms with Gasteiger partial charge in [0, 0.05) is 11.1 Å². The molecule has 1 N–H and O–H groups in total. The molecule has 96 valence electrons. The lowest BCUT2D eigenvalue weighted by atomic mass is 10.2. The minimum absolute atomic E-state index is 0.188. The van der Waals surface area contributed by atoms with Crippen molar-refractivity contribution in [3.05, 3.63) is 40.6 Å². The van der Waals surface area contributed by atoms with Crippen LogP contribution in [-0.2, 0) is 0 Å². The van der Waals surface area contributed by atoms with Crippen molar-refractivity contribution < 1.29 is 9.21 Å². The van der Waals surface area contributed by atoms with Gasteiger partial charge in [0.1, 0.15) is 16.2 Å². The number of aryl methyl sites for hydroxylation is 2. The number of carbonyl (C=O) groups excluding carboxylic acids is 1. The first kappa shape index (κ1) is 11.9. The van der Waals surface area contributed by atoms with Crippen LogP contribution in [0.5, 0.6) is 0 Å². The number of hydrogen-bond acceptors (Lipinski definition) is 5. The molecule has 0 aliphatic rings. The normalized spacial score (nSPS) is 10.8. The largest absolute Gasteiger partial charge is 0.461 e. The molecule has 0 aliphatic carbocycles. The van der Waals surface area contributed by atoms with Gasteiger partial charge in [0.05, 0.1) is 5.69 Å². The number of rotatable bonds is 2. The number of fused-ring (bicyclic) bond motifs is 1. The third kappa shape index (κ3) is 2.22. The lowest BCUT2D eigenvalue weighted by molar-refractivity contribution is 0.103. The Labute approximate surface area is 113 Å².